The van der Waals surface area contributed by atoms with E-state index in [9.17, 15) is 5.11 Å². The summed E-state index contributed by atoms with van der Waals surface area (Å²) in [6, 6.07) is 20.2. The Labute approximate surface area is 139 Å². The average Bonchev–Trinajstić information content (AvgIpc) is 3.09. The summed E-state index contributed by atoms with van der Waals surface area (Å²) in [5.41, 5.74) is 1.06. The van der Waals surface area contributed by atoms with E-state index in [4.69, 9.17) is 0 Å². The molecular weight excluding hydrogens is 282 g/mol. The first-order chi connectivity index (χ1) is 11.2. The van der Waals surface area contributed by atoms with Crippen LogP contribution in [0.3, 0.4) is 0 Å². The maximum absolute atomic E-state index is 11.6. The summed E-state index contributed by atoms with van der Waals surface area (Å²) < 4.78 is 0. The molecule has 2 aromatic rings. The topological polar surface area (TPSA) is 23.5 Å². The normalized spacial score (nSPS) is 17.3. The van der Waals surface area contributed by atoms with Gasteiger partial charge in [-0.3, -0.25) is 0 Å². The van der Waals surface area contributed by atoms with Crippen molar-refractivity contribution in [3.63, 3.8) is 0 Å². The van der Waals surface area contributed by atoms with Crippen LogP contribution in [0.1, 0.15) is 37.3 Å². The Morgan fingerprint density at radius 3 is 1.87 bits per heavy atom. The largest absolute Gasteiger partial charge is 0.380 e. The summed E-state index contributed by atoms with van der Waals surface area (Å²) in [4.78, 5) is 2.53. The van der Waals surface area contributed by atoms with Crippen molar-refractivity contribution in [1.29, 1.82) is 0 Å². The third-order valence-electron chi connectivity index (χ3n) is 4.92. The molecule has 0 aromatic heterocycles. The van der Waals surface area contributed by atoms with Gasteiger partial charge in [0, 0.05) is 6.54 Å². The van der Waals surface area contributed by atoms with E-state index >= 15 is 0 Å². The molecule has 1 aliphatic heterocycles. The van der Waals surface area contributed by atoms with E-state index in [1.54, 1.807) is 0 Å². The molecular formula is C21H27NO. The molecule has 0 amide bonds. The van der Waals surface area contributed by atoms with Gasteiger partial charge in [0.2, 0.25) is 0 Å². The molecule has 0 bridgehead atoms. The van der Waals surface area contributed by atoms with E-state index in [-0.39, 0.29) is 0 Å². The number of likely N-dealkylation sites (tertiary alicyclic amines) is 1. The molecule has 1 saturated heterocycles. The van der Waals surface area contributed by atoms with Gasteiger partial charge in [-0.1, -0.05) is 67.6 Å². The second-order valence-corrected chi connectivity index (χ2v) is 6.91. The lowest BCUT2D eigenvalue weighted by Gasteiger charge is -2.33. The average molecular weight is 309 g/mol. The van der Waals surface area contributed by atoms with Gasteiger partial charge in [0.15, 0.2) is 0 Å². The van der Waals surface area contributed by atoms with Crippen LogP contribution in [-0.2, 0) is 5.60 Å². The van der Waals surface area contributed by atoms with Crippen molar-refractivity contribution in [3.05, 3.63) is 71.8 Å². The number of hydrogen-bond donors (Lipinski definition) is 1. The number of rotatable bonds is 6. The smallest absolute Gasteiger partial charge is 0.115 e. The summed E-state index contributed by atoms with van der Waals surface area (Å²) in [5, 5.41) is 11.6. The predicted octanol–water partition coefficient (Wildman–Crippen LogP) is 4.04. The second-order valence-electron chi connectivity index (χ2n) is 6.91. The van der Waals surface area contributed by atoms with Crippen molar-refractivity contribution in [3.8, 4) is 0 Å². The number of aliphatic hydroxyl groups is 1. The summed E-state index contributed by atoms with van der Waals surface area (Å²) in [6.07, 6.45) is 3.38. The molecule has 1 unspecified atom stereocenters. The molecule has 0 aliphatic carbocycles. The fraction of sp³-hybridized carbons (Fsp3) is 0.429. The van der Waals surface area contributed by atoms with Gasteiger partial charge in [-0.05, 0) is 49.4 Å². The van der Waals surface area contributed by atoms with Crippen LogP contribution in [0, 0.1) is 5.92 Å². The molecule has 1 N–H and O–H groups in total. The number of nitrogens with zero attached hydrogens (tertiary/aromatic N) is 1. The van der Waals surface area contributed by atoms with Gasteiger partial charge in [-0.2, -0.15) is 0 Å². The lowest BCUT2D eigenvalue weighted by Crippen LogP contribution is -2.34. The van der Waals surface area contributed by atoms with Gasteiger partial charge in [-0.25, -0.2) is 0 Å². The summed E-state index contributed by atoms with van der Waals surface area (Å²) in [7, 11) is 0. The quantitative estimate of drug-likeness (QED) is 0.870. The van der Waals surface area contributed by atoms with Crippen molar-refractivity contribution in [2.75, 3.05) is 19.6 Å². The van der Waals surface area contributed by atoms with Crippen LogP contribution < -0.4 is 0 Å². The van der Waals surface area contributed by atoms with Gasteiger partial charge in [0.05, 0.1) is 0 Å². The Hall–Kier alpha value is -1.64. The minimum Gasteiger partial charge on any atom is -0.380 e. The maximum Gasteiger partial charge on any atom is 0.115 e. The highest BCUT2D eigenvalue weighted by Gasteiger charge is 2.33. The number of hydrogen-bond acceptors (Lipinski definition) is 2. The van der Waals surface area contributed by atoms with E-state index in [1.165, 1.54) is 25.9 Å². The molecule has 2 nitrogen and oxygen atoms in total. The van der Waals surface area contributed by atoms with Crippen molar-refractivity contribution < 1.29 is 5.11 Å². The maximum atomic E-state index is 11.6. The fourth-order valence-electron chi connectivity index (χ4n) is 3.80. The van der Waals surface area contributed by atoms with Crippen molar-refractivity contribution in [2.24, 2.45) is 5.92 Å². The van der Waals surface area contributed by atoms with Gasteiger partial charge in [0.1, 0.15) is 5.60 Å². The second kappa shape index (κ2) is 7.29. The zero-order valence-corrected chi connectivity index (χ0v) is 14.0. The summed E-state index contributed by atoms with van der Waals surface area (Å²) in [5.74, 6) is 0.443. The monoisotopic (exact) mass is 309 g/mol. The Morgan fingerprint density at radius 2 is 1.39 bits per heavy atom. The first kappa shape index (κ1) is 16.2. The van der Waals surface area contributed by atoms with Crippen LogP contribution in [0.2, 0.25) is 0 Å². The SMILES string of the molecule is CC(CN1CCCC1)CC(O)(c1ccccc1)c1ccccc1. The summed E-state index contributed by atoms with van der Waals surface area (Å²) >= 11 is 0. The van der Waals surface area contributed by atoms with Gasteiger partial charge < -0.3 is 10.0 Å². The standard InChI is InChI=1S/C21H27NO/c1-18(17-22-14-8-9-15-22)16-21(23,19-10-4-2-5-11-19)20-12-6-3-7-13-20/h2-7,10-13,18,23H,8-9,14-17H2,1H3. The zero-order chi connectivity index (χ0) is 16.1. The highest BCUT2D eigenvalue weighted by atomic mass is 16.3. The first-order valence-electron chi connectivity index (χ1n) is 8.74. The molecule has 1 atom stereocenters. The molecule has 122 valence electrons. The fourth-order valence-corrected chi connectivity index (χ4v) is 3.80. The third kappa shape index (κ3) is 3.82. The lowest BCUT2D eigenvalue weighted by molar-refractivity contribution is 0.0491. The van der Waals surface area contributed by atoms with Crippen molar-refractivity contribution in [2.45, 2.75) is 31.8 Å². The van der Waals surface area contributed by atoms with Gasteiger partial charge in [-0.15, -0.1) is 0 Å². The molecule has 1 aliphatic rings. The lowest BCUT2D eigenvalue weighted by atomic mass is 9.79. The van der Waals surface area contributed by atoms with Crippen LogP contribution in [0.15, 0.2) is 60.7 Å². The van der Waals surface area contributed by atoms with Crippen molar-refractivity contribution >= 4 is 0 Å². The van der Waals surface area contributed by atoms with Crippen LogP contribution in [0.5, 0.6) is 0 Å². The molecule has 1 fully saturated rings. The van der Waals surface area contributed by atoms with Crippen LogP contribution in [0.4, 0.5) is 0 Å². The minimum atomic E-state index is -0.915. The molecule has 2 aromatic carbocycles. The first-order valence-corrected chi connectivity index (χ1v) is 8.74. The molecule has 1 heterocycles. The van der Waals surface area contributed by atoms with E-state index in [1.807, 2.05) is 60.7 Å². The molecule has 0 radical (unpaired) electrons. The molecule has 0 saturated carbocycles. The molecule has 0 spiro atoms. The Morgan fingerprint density at radius 1 is 0.913 bits per heavy atom. The highest BCUT2D eigenvalue weighted by Crippen LogP contribution is 2.36. The van der Waals surface area contributed by atoms with E-state index in [0.717, 1.165) is 24.1 Å². The van der Waals surface area contributed by atoms with Gasteiger partial charge in [0.25, 0.3) is 0 Å². The zero-order valence-electron chi connectivity index (χ0n) is 14.0. The predicted molar refractivity (Wildman–Crippen MR) is 95.3 cm³/mol. The number of benzene rings is 2. The molecule has 3 rings (SSSR count). The summed E-state index contributed by atoms with van der Waals surface area (Å²) in [6.45, 7) is 5.75. The van der Waals surface area contributed by atoms with E-state index < -0.39 is 5.60 Å². The van der Waals surface area contributed by atoms with Crippen LogP contribution in [0.25, 0.3) is 0 Å². The van der Waals surface area contributed by atoms with Crippen molar-refractivity contribution in [1.82, 2.24) is 4.90 Å². The minimum absolute atomic E-state index is 0.443. The third-order valence-corrected chi connectivity index (χ3v) is 4.92. The van der Waals surface area contributed by atoms with Crippen LogP contribution >= 0.6 is 0 Å². The van der Waals surface area contributed by atoms with E-state index in [0.29, 0.717) is 5.92 Å². The molecule has 2 heteroatoms. The van der Waals surface area contributed by atoms with E-state index in [2.05, 4.69) is 11.8 Å². The van der Waals surface area contributed by atoms with Crippen LogP contribution in [-0.4, -0.2) is 29.6 Å². The Kier molecular flexibility index (Phi) is 5.14. The Balaban J connectivity index is 1.83. The van der Waals surface area contributed by atoms with Gasteiger partial charge >= 0.3 is 0 Å². The Bertz CT molecular complexity index is 550. The molecule has 23 heavy (non-hydrogen) atoms. The highest BCUT2D eigenvalue weighted by molar-refractivity contribution is 5.35.